The molecule has 2 heterocycles. The van der Waals surface area contributed by atoms with Crippen molar-refractivity contribution in [3.8, 4) is 0 Å². The summed E-state index contributed by atoms with van der Waals surface area (Å²) in [6.45, 7) is 8.77. The Labute approximate surface area is 120 Å². The Morgan fingerprint density at radius 3 is 2.75 bits per heavy atom. The zero-order valence-electron chi connectivity index (χ0n) is 12.7. The van der Waals surface area contributed by atoms with E-state index < -0.39 is 0 Å². The molecule has 2 rings (SSSR count). The monoisotopic (exact) mass is 273 g/mol. The molecule has 0 aliphatic heterocycles. The maximum atomic E-state index is 5.37. The van der Waals surface area contributed by atoms with Gasteiger partial charge < -0.3 is 14.6 Å². The van der Waals surface area contributed by atoms with E-state index in [4.69, 9.17) is 4.42 Å². The van der Waals surface area contributed by atoms with Crippen molar-refractivity contribution in [3.63, 3.8) is 0 Å². The molecule has 0 saturated carbocycles. The fraction of sp³-hybridized carbons (Fsp3) is 0.438. The maximum Gasteiger partial charge on any atom is 0.105 e. The van der Waals surface area contributed by atoms with Crippen LogP contribution in [0.1, 0.15) is 29.5 Å². The molecule has 0 saturated heterocycles. The highest BCUT2D eigenvalue weighted by Gasteiger charge is 2.11. The number of pyridine rings is 1. The van der Waals surface area contributed by atoms with E-state index in [1.165, 1.54) is 16.8 Å². The predicted molar refractivity (Wildman–Crippen MR) is 81.9 cm³/mol. The van der Waals surface area contributed by atoms with E-state index >= 15 is 0 Å². The van der Waals surface area contributed by atoms with Gasteiger partial charge in [-0.3, -0.25) is 4.98 Å². The second kappa shape index (κ2) is 6.57. The molecule has 0 radical (unpaired) electrons. The minimum absolute atomic E-state index is 0.838. The van der Waals surface area contributed by atoms with Gasteiger partial charge in [0.15, 0.2) is 0 Å². The second-order valence-corrected chi connectivity index (χ2v) is 5.09. The summed E-state index contributed by atoms with van der Waals surface area (Å²) < 4.78 is 5.37. The average molecular weight is 273 g/mol. The van der Waals surface area contributed by atoms with Crippen LogP contribution in [0.15, 0.2) is 29.0 Å². The summed E-state index contributed by atoms with van der Waals surface area (Å²) in [6.07, 6.45) is 3.71. The molecule has 4 nitrogen and oxygen atoms in total. The van der Waals surface area contributed by atoms with Gasteiger partial charge >= 0.3 is 0 Å². The van der Waals surface area contributed by atoms with Gasteiger partial charge in [-0.05, 0) is 32.5 Å². The number of nitrogens with one attached hydrogen (secondary N) is 1. The zero-order chi connectivity index (χ0) is 14.5. The summed E-state index contributed by atoms with van der Waals surface area (Å²) >= 11 is 0. The lowest BCUT2D eigenvalue weighted by Gasteiger charge is -2.22. The Bertz CT molecular complexity index is 563. The van der Waals surface area contributed by atoms with Crippen LogP contribution in [0.4, 0.5) is 5.69 Å². The fourth-order valence-corrected chi connectivity index (χ4v) is 2.24. The van der Waals surface area contributed by atoms with E-state index in [0.717, 1.165) is 31.1 Å². The molecule has 0 unspecified atom stereocenters. The zero-order valence-corrected chi connectivity index (χ0v) is 12.7. The van der Waals surface area contributed by atoms with Crippen LogP contribution in [0, 0.1) is 13.8 Å². The van der Waals surface area contributed by atoms with Crippen LogP contribution in [0.3, 0.4) is 0 Å². The smallest absolute Gasteiger partial charge is 0.105 e. The Morgan fingerprint density at radius 1 is 1.30 bits per heavy atom. The third-order valence-electron chi connectivity index (χ3n) is 3.45. The van der Waals surface area contributed by atoms with E-state index in [2.05, 4.69) is 35.2 Å². The number of rotatable bonds is 6. The van der Waals surface area contributed by atoms with Crippen molar-refractivity contribution in [2.24, 2.45) is 0 Å². The summed E-state index contributed by atoms with van der Waals surface area (Å²) in [4.78, 5) is 6.65. The van der Waals surface area contributed by atoms with Crippen LogP contribution in [0.5, 0.6) is 0 Å². The predicted octanol–water partition coefficient (Wildman–Crippen LogP) is 3.04. The lowest BCUT2D eigenvalue weighted by atomic mass is 10.1. The molecular formula is C16H23N3O. The van der Waals surface area contributed by atoms with E-state index in [-0.39, 0.29) is 0 Å². The highest BCUT2D eigenvalue weighted by molar-refractivity contribution is 5.53. The van der Waals surface area contributed by atoms with Gasteiger partial charge in [-0.1, -0.05) is 6.92 Å². The first-order valence-corrected chi connectivity index (χ1v) is 7.02. The summed E-state index contributed by atoms with van der Waals surface area (Å²) in [6, 6.07) is 4.17. The van der Waals surface area contributed by atoms with Crippen LogP contribution in [-0.4, -0.2) is 18.6 Å². The third kappa shape index (κ3) is 3.39. The number of hydrogen-bond acceptors (Lipinski definition) is 4. The summed E-state index contributed by atoms with van der Waals surface area (Å²) in [5.74, 6) is 0.982. The number of aryl methyl sites for hydroxylation is 2. The van der Waals surface area contributed by atoms with Gasteiger partial charge in [0.05, 0.1) is 6.26 Å². The molecule has 4 heteroatoms. The molecule has 0 atom stereocenters. The molecule has 0 spiro atoms. The quantitative estimate of drug-likeness (QED) is 0.878. The molecule has 1 N–H and O–H groups in total. The van der Waals surface area contributed by atoms with Gasteiger partial charge in [0, 0.05) is 48.8 Å². The maximum absolute atomic E-state index is 5.37. The highest BCUT2D eigenvalue weighted by atomic mass is 16.3. The first kappa shape index (κ1) is 14.6. The lowest BCUT2D eigenvalue weighted by molar-refractivity contribution is 0.529. The number of aromatic nitrogens is 1. The third-order valence-corrected chi connectivity index (χ3v) is 3.45. The largest absolute Gasteiger partial charge is 0.469 e. The minimum Gasteiger partial charge on any atom is -0.469 e. The first-order chi connectivity index (χ1) is 9.61. The molecule has 0 aliphatic rings. The Kier molecular flexibility index (Phi) is 4.79. The van der Waals surface area contributed by atoms with Crippen LogP contribution < -0.4 is 10.2 Å². The fourth-order valence-electron chi connectivity index (χ4n) is 2.24. The molecule has 0 bridgehead atoms. The molecule has 0 aliphatic carbocycles. The molecule has 108 valence electrons. The molecule has 20 heavy (non-hydrogen) atoms. The topological polar surface area (TPSA) is 41.3 Å². The lowest BCUT2D eigenvalue weighted by Crippen LogP contribution is -2.21. The highest BCUT2D eigenvalue weighted by Crippen LogP contribution is 2.22. The number of hydrogen-bond donors (Lipinski definition) is 1. The average Bonchev–Trinajstić information content (AvgIpc) is 2.83. The molecular weight excluding hydrogens is 250 g/mol. The SMILES string of the molecule is CCNCc1cnc(C)cc1N(C)Cc1ccoc1C. The van der Waals surface area contributed by atoms with Crippen molar-refractivity contribution in [2.75, 3.05) is 18.5 Å². The minimum atomic E-state index is 0.838. The van der Waals surface area contributed by atoms with Crippen molar-refractivity contribution in [3.05, 3.63) is 47.2 Å². The summed E-state index contributed by atoms with van der Waals surface area (Å²) in [7, 11) is 2.11. The first-order valence-electron chi connectivity index (χ1n) is 7.02. The van der Waals surface area contributed by atoms with Crippen molar-refractivity contribution in [2.45, 2.75) is 33.9 Å². The van der Waals surface area contributed by atoms with E-state index in [0.29, 0.717) is 0 Å². The molecule has 0 fully saturated rings. The van der Waals surface area contributed by atoms with Gasteiger partial charge in [-0.2, -0.15) is 0 Å². The molecule has 0 aromatic carbocycles. The molecule has 2 aromatic heterocycles. The summed E-state index contributed by atoms with van der Waals surface area (Å²) in [5, 5.41) is 3.36. The van der Waals surface area contributed by atoms with Crippen molar-refractivity contribution < 1.29 is 4.42 Å². The van der Waals surface area contributed by atoms with Gasteiger partial charge in [-0.15, -0.1) is 0 Å². The van der Waals surface area contributed by atoms with E-state index in [1.54, 1.807) is 6.26 Å². The molecule has 0 amide bonds. The van der Waals surface area contributed by atoms with Crippen molar-refractivity contribution in [1.82, 2.24) is 10.3 Å². The van der Waals surface area contributed by atoms with Gasteiger partial charge in [0.25, 0.3) is 0 Å². The number of anilines is 1. The van der Waals surface area contributed by atoms with Crippen molar-refractivity contribution in [1.29, 1.82) is 0 Å². The number of nitrogens with zero attached hydrogens (tertiary/aromatic N) is 2. The van der Waals surface area contributed by atoms with Gasteiger partial charge in [0.2, 0.25) is 0 Å². The van der Waals surface area contributed by atoms with Crippen LogP contribution >= 0.6 is 0 Å². The second-order valence-electron chi connectivity index (χ2n) is 5.09. The summed E-state index contributed by atoms with van der Waals surface area (Å²) in [5.41, 5.74) is 4.70. The van der Waals surface area contributed by atoms with Crippen LogP contribution in [-0.2, 0) is 13.1 Å². The van der Waals surface area contributed by atoms with Crippen molar-refractivity contribution >= 4 is 5.69 Å². The molecule has 2 aromatic rings. The Balaban J connectivity index is 2.21. The van der Waals surface area contributed by atoms with E-state index in [9.17, 15) is 0 Å². The Morgan fingerprint density at radius 2 is 2.10 bits per heavy atom. The standard InChI is InChI=1S/C16H23N3O/c1-5-17-9-15-10-18-12(2)8-16(15)19(4)11-14-6-7-20-13(14)3/h6-8,10,17H,5,9,11H2,1-4H3. The van der Waals surface area contributed by atoms with Crippen LogP contribution in [0.2, 0.25) is 0 Å². The number of furan rings is 1. The van der Waals surface area contributed by atoms with Gasteiger partial charge in [-0.25, -0.2) is 0 Å². The van der Waals surface area contributed by atoms with E-state index in [1.807, 2.05) is 26.1 Å². The Hall–Kier alpha value is -1.81. The normalized spacial score (nSPS) is 10.8. The van der Waals surface area contributed by atoms with Crippen LogP contribution in [0.25, 0.3) is 0 Å². The van der Waals surface area contributed by atoms with Gasteiger partial charge in [0.1, 0.15) is 5.76 Å².